The van der Waals surface area contributed by atoms with Crippen molar-refractivity contribution in [3.8, 4) is 0 Å². The molecule has 0 spiro atoms. The van der Waals surface area contributed by atoms with E-state index < -0.39 is 18.9 Å². The third kappa shape index (κ3) is 8.79. The van der Waals surface area contributed by atoms with Crippen LogP contribution in [0, 0.1) is 5.92 Å². The Kier molecular flexibility index (Phi) is 6.94. The summed E-state index contributed by atoms with van der Waals surface area (Å²) < 4.78 is 44.5. The molecule has 1 atom stereocenters. The molecule has 0 saturated carbocycles. The number of carbonyl (C=O) groups is 1. The molecule has 1 unspecified atom stereocenters. The number of amides is 1. The first-order valence-electron chi connectivity index (χ1n) is 5.34. The molecule has 7 heteroatoms. The molecule has 0 aliphatic heterocycles. The lowest BCUT2D eigenvalue weighted by atomic mass is 10.1. The molecule has 0 aromatic rings. The number of ether oxygens (including phenoxy) is 2. The van der Waals surface area contributed by atoms with Gasteiger partial charge in [-0.25, -0.2) is 4.79 Å². The van der Waals surface area contributed by atoms with Gasteiger partial charge in [-0.3, -0.25) is 0 Å². The Bertz CT molecular complexity index is 231. The van der Waals surface area contributed by atoms with Gasteiger partial charge in [0.1, 0.15) is 0 Å². The maximum atomic E-state index is 11.8. The van der Waals surface area contributed by atoms with Crippen molar-refractivity contribution < 1.29 is 27.4 Å². The molecule has 0 radical (unpaired) electrons. The minimum atomic E-state index is -4.51. The molecule has 0 aliphatic rings. The van der Waals surface area contributed by atoms with Crippen molar-refractivity contribution >= 4 is 6.09 Å². The molecule has 0 fully saturated rings. The number of halogens is 3. The Morgan fingerprint density at radius 3 is 2.35 bits per heavy atom. The summed E-state index contributed by atoms with van der Waals surface area (Å²) in [5, 5.41) is 2.34. The smallest absolute Gasteiger partial charge is 0.422 e. The molecule has 0 saturated heterocycles. The van der Waals surface area contributed by atoms with Crippen molar-refractivity contribution in [3.05, 3.63) is 0 Å². The van der Waals surface area contributed by atoms with Crippen LogP contribution in [-0.2, 0) is 9.47 Å². The summed E-state index contributed by atoms with van der Waals surface area (Å²) in [6.45, 7) is 4.58. The molecule has 0 heterocycles. The van der Waals surface area contributed by atoms with Crippen LogP contribution in [0.15, 0.2) is 0 Å². The zero-order valence-electron chi connectivity index (χ0n) is 10.1. The highest BCUT2D eigenvalue weighted by Gasteiger charge is 2.30. The predicted octanol–water partition coefficient (Wildman–Crippen LogP) is 2.34. The summed E-state index contributed by atoms with van der Waals surface area (Å²) in [5.74, 6) is 0.0417. The average molecular weight is 257 g/mol. The van der Waals surface area contributed by atoms with Gasteiger partial charge in [0.2, 0.25) is 0 Å². The van der Waals surface area contributed by atoms with Gasteiger partial charge in [0.25, 0.3) is 0 Å². The molecule has 0 aromatic heterocycles. The third-order valence-electron chi connectivity index (χ3n) is 1.98. The van der Waals surface area contributed by atoms with E-state index in [1.54, 1.807) is 6.92 Å². The maximum absolute atomic E-state index is 11.8. The van der Waals surface area contributed by atoms with E-state index in [1.165, 1.54) is 0 Å². The van der Waals surface area contributed by atoms with Gasteiger partial charge in [-0.1, -0.05) is 13.8 Å². The Labute approximate surface area is 98.5 Å². The van der Waals surface area contributed by atoms with Crippen molar-refractivity contribution in [3.63, 3.8) is 0 Å². The number of carbonyl (C=O) groups excluding carboxylic acids is 1. The average Bonchev–Trinajstić information content (AvgIpc) is 2.19. The fourth-order valence-corrected chi connectivity index (χ4v) is 0.986. The second-order valence-corrected chi connectivity index (χ2v) is 3.85. The molecular formula is C10H18F3NO3. The highest BCUT2D eigenvalue weighted by atomic mass is 19.4. The van der Waals surface area contributed by atoms with E-state index in [-0.39, 0.29) is 18.6 Å². The largest absolute Gasteiger partial charge is 0.440 e. The molecule has 17 heavy (non-hydrogen) atoms. The number of hydrogen-bond acceptors (Lipinski definition) is 3. The van der Waals surface area contributed by atoms with E-state index in [9.17, 15) is 18.0 Å². The summed E-state index contributed by atoms with van der Waals surface area (Å²) in [4.78, 5) is 11.1. The van der Waals surface area contributed by atoms with Crippen LogP contribution in [0.4, 0.5) is 18.0 Å². The van der Waals surface area contributed by atoms with Crippen molar-refractivity contribution in [1.29, 1.82) is 0 Å². The van der Waals surface area contributed by atoms with Crippen LogP contribution in [-0.4, -0.2) is 38.1 Å². The zero-order chi connectivity index (χ0) is 13.5. The number of hydrogen-bond donors (Lipinski definition) is 1. The molecule has 0 aromatic carbocycles. The lowest BCUT2D eigenvalue weighted by molar-refractivity contribution is -0.160. The second-order valence-electron chi connectivity index (χ2n) is 3.85. The van der Waals surface area contributed by atoms with Gasteiger partial charge >= 0.3 is 12.3 Å². The first-order valence-corrected chi connectivity index (χ1v) is 5.34. The zero-order valence-corrected chi connectivity index (χ0v) is 10.1. The number of alkyl carbamates (subject to hydrolysis) is 1. The van der Waals surface area contributed by atoms with Gasteiger partial charge in [-0.05, 0) is 12.8 Å². The fourth-order valence-electron chi connectivity index (χ4n) is 0.986. The number of nitrogens with one attached hydrogen (secondary N) is 1. The SMILES string of the molecule is CCOCC(NC(=O)OCC(F)(F)F)C(C)C. The van der Waals surface area contributed by atoms with Crippen LogP contribution < -0.4 is 5.32 Å². The monoisotopic (exact) mass is 257 g/mol. The fraction of sp³-hybridized carbons (Fsp3) is 0.900. The van der Waals surface area contributed by atoms with Crippen molar-refractivity contribution in [2.75, 3.05) is 19.8 Å². The quantitative estimate of drug-likeness (QED) is 0.794. The minimum absolute atomic E-state index is 0.0417. The maximum Gasteiger partial charge on any atom is 0.422 e. The van der Waals surface area contributed by atoms with Crippen molar-refractivity contribution in [2.45, 2.75) is 33.0 Å². The minimum Gasteiger partial charge on any atom is -0.440 e. The summed E-state index contributed by atoms with van der Waals surface area (Å²) in [7, 11) is 0. The molecular weight excluding hydrogens is 239 g/mol. The van der Waals surface area contributed by atoms with Gasteiger partial charge in [0.15, 0.2) is 6.61 Å². The number of alkyl halides is 3. The van der Waals surface area contributed by atoms with Gasteiger partial charge in [-0.15, -0.1) is 0 Å². The number of rotatable bonds is 6. The topological polar surface area (TPSA) is 47.6 Å². The second kappa shape index (κ2) is 7.37. The predicted molar refractivity (Wildman–Crippen MR) is 55.7 cm³/mol. The Morgan fingerprint density at radius 2 is 1.94 bits per heavy atom. The van der Waals surface area contributed by atoms with Gasteiger partial charge in [-0.2, -0.15) is 13.2 Å². The summed E-state index contributed by atoms with van der Waals surface area (Å²) >= 11 is 0. The summed E-state index contributed by atoms with van der Waals surface area (Å²) in [5.41, 5.74) is 0. The third-order valence-corrected chi connectivity index (χ3v) is 1.98. The molecule has 0 rings (SSSR count). The summed E-state index contributed by atoms with van der Waals surface area (Å²) in [6.07, 6.45) is -5.59. The van der Waals surface area contributed by atoms with Crippen molar-refractivity contribution in [2.24, 2.45) is 5.92 Å². The van der Waals surface area contributed by atoms with E-state index in [1.807, 2.05) is 13.8 Å². The van der Waals surface area contributed by atoms with E-state index in [0.29, 0.717) is 6.61 Å². The van der Waals surface area contributed by atoms with E-state index in [0.717, 1.165) is 0 Å². The molecule has 4 nitrogen and oxygen atoms in total. The molecule has 102 valence electrons. The Morgan fingerprint density at radius 1 is 1.35 bits per heavy atom. The molecule has 0 aliphatic carbocycles. The molecule has 1 N–H and O–H groups in total. The standard InChI is InChI=1S/C10H18F3NO3/c1-4-16-5-8(7(2)3)14-9(15)17-6-10(11,12)13/h7-8H,4-6H2,1-3H3,(H,14,15). The van der Waals surface area contributed by atoms with Crippen LogP contribution >= 0.6 is 0 Å². The highest BCUT2D eigenvalue weighted by Crippen LogP contribution is 2.14. The Balaban J connectivity index is 4.04. The van der Waals surface area contributed by atoms with Crippen LogP contribution in [0.5, 0.6) is 0 Å². The van der Waals surface area contributed by atoms with Crippen LogP contribution in [0.25, 0.3) is 0 Å². The normalized spacial score (nSPS) is 13.6. The van der Waals surface area contributed by atoms with Gasteiger partial charge in [0.05, 0.1) is 12.6 Å². The van der Waals surface area contributed by atoms with Crippen LogP contribution in [0.3, 0.4) is 0 Å². The van der Waals surface area contributed by atoms with Gasteiger partial charge < -0.3 is 14.8 Å². The lowest BCUT2D eigenvalue weighted by Crippen LogP contribution is -2.43. The van der Waals surface area contributed by atoms with Crippen LogP contribution in [0.2, 0.25) is 0 Å². The van der Waals surface area contributed by atoms with Gasteiger partial charge in [0, 0.05) is 6.61 Å². The van der Waals surface area contributed by atoms with Crippen molar-refractivity contribution in [1.82, 2.24) is 5.32 Å². The van der Waals surface area contributed by atoms with E-state index >= 15 is 0 Å². The summed E-state index contributed by atoms with van der Waals surface area (Å²) in [6, 6.07) is -0.365. The highest BCUT2D eigenvalue weighted by molar-refractivity contribution is 5.67. The Hall–Kier alpha value is -0.980. The molecule has 1 amide bonds. The van der Waals surface area contributed by atoms with E-state index in [2.05, 4.69) is 10.1 Å². The van der Waals surface area contributed by atoms with E-state index in [4.69, 9.17) is 4.74 Å². The lowest BCUT2D eigenvalue weighted by Gasteiger charge is -2.21. The molecule has 0 bridgehead atoms. The van der Waals surface area contributed by atoms with Crippen LogP contribution in [0.1, 0.15) is 20.8 Å². The first kappa shape index (κ1) is 16.0. The first-order chi connectivity index (χ1) is 7.76.